The van der Waals surface area contributed by atoms with Crippen molar-refractivity contribution in [2.45, 2.75) is 25.0 Å². The maximum Gasteiger partial charge on any atom is 0.0973 e. The average Bonchev–Trinajstić information content (AvgIpc) is 2.69. The van der Waals surface area contributed by atoms with Gasteiger partial charge in [-0.05, 0) is 50.7 Å². The standard InChI is InChI=1S/C22H30N2O2/c1-22(23(2)3,17-18-7-5-4-6-8-18)21(25)19-9-11-20(12-10-19)24-13-15-26-16-14-24/h4-12,21,25H,13-17H2,1-3H3. The second-order valence-electron chi connectivity index (χ2n) is 7.51. The van der Waals surface area contributed by atoms with Crippen LogP contribution >= 0.6 is 0 Å². The third-order valence-corrected chi connectivity index (χ3v) is 5.60. The van der Waals surface area contributed by atoms with Gasteiger partial charge in [0.25, 0.3) is 0 Å². The fraction of sp³-hybridized carbons (Fsp3) is 0.455. The molecular weight excluding hydrogens is 324 g/mol. The Morgan fingerprint density at radius 2 is 1.65 bits per heavy atom. The maximum absolute atomic E-state index is 11.2. The molecule has 0 amide bonds. The molecule has 2 aromatic rings. The van der Waals surface area contributed by atoms with Crippen molar-refractivity contribution in [2.75, 3.05) is 45.3 Å². The van der Waals surface area contributed by atoms with Crippen LogP contribution in [0.2, 0.25) is 0 Å². The second kappa shape index (κ2) is 8.21. The van der Waals surface area contributed by atoms with Crippen LogP contribution in [0.5, 0.6) is 0 Å². The van der Waals surface area contributed by atoms with Gasteiger partial charge in [0.15, 0.2) is 0 Å². The molecule has 0 aliphatic carbocycles. The predicted molar refractivity (Wildman–Crippen MR) is 107 cm³/mol. The molecule has 0 bridgehead atoms. The number of morpholine rings is 1. The predicted octanol–water partition coefficient (Wildman–Crippen LogP) is 3.12. The number of hydrogen-bond donors (Lipinski definition) is 1. The van der Waals surface area contributed by atoms with E-state index in [1.54, 1.807) is 0 Å². The SMILES string of the molecule is CN(C)C(C)(Cc1ccccc1)C(O)c1ccc(N2CCOCC2)cc1. The summed E-state index contributed by atoms with van der Waals surface area (Å²) >= 11 is 0. The number of anilines is 1. The lowest BCUT2D eigenvalue weighted by Crippen LogP contribution is -2.48. The Morgan fingerprint density at radius 1 is 1.04 bits per heavy atom. The molecule has 0 saturated carbocycles. The third-order valence-electron chi connectivity index (χ3n) is 5.60. The van der Waals surface area contributed by atoms with E-state index in [0.29, 0.717) is 0 Å². The smallest absolute Gasteiger partial charge is 0.0973 e. The molecule has 2 unspecified atom stereocenters. The van der Waals surface area contributed by atoms with Crippen molar-refractivity contribution in [2.24, 2.45) is 0 Å². The van der Waals surface area contributed by atoms with Gasteiger partial charge in [-0.3, -0.25) is 0 Å². The Hall–Kier alpha value is -1.88. The van der Waals surface area contributed by atoms with E-state index in [2.05, 4.69) is 65.3 Å². The van der Waals surface area contributed by atoms with Crippen molar-refractivity contribution in [3.05, 3.63) is 65.7 Å². The van der Waals surface area contributed by atoms with Gasteiger partial charge in [0, 0.05) is 18.8 Å². The van der Waals surface area contributed by atoms with E-state index in [-0.39, 0.29) is 5.54 Å². The summed E-state index contributed by atoms with van der Waals surface area (Å²) in [5.74, 6) is 0. The molecule has 0 aromatic heterocycles. The molecule has 2 aromatic carbocycles. The summed E-state index contributed by atoms with van der Waals surface area (Å²) in [6, 6.07) is 18.7. The highest BCUT2D eigenvalue weighted by atomic mass is 16.5. The van der Waals surface area contributed by atoms with Crippen LogP contribution in [0.25, 0.3) is 0 Å². The molecule has 2 atom stereocenters. The fourth-order valence-corrected chi connectivity index (χ4v) is 3.56. The van der Waals surface area contributed by atoms with Gasteiger partial charge >= 0.3 is 0 Å². The van der Waals surface area contributed by atoms with Gasteiger partial charge in [0.1, 0.15) is 0 Å². The van der Waals surface area contributed by atoms with Gasteiger partial charge in [-0.1, -0.05) is 42.5 Å². The number of rotatable bonds is 6. The van der Waals surface area contributed by atoms with Crippen LogP contribution in [0.4, 0.5) is 5.69 Å². The number of ether oxygens (including phenoxy) is 1. The molecule has 26 heavy (non-hydrogen) atoms. The maximum atomic E-state index is 11.2. The minimum atomic E-state index is -0.573. The van der Waals surface area contributed by atoms with E-state index in [9.17, 15) is 5.11 Å². The largest absolute Gasteiger partial charge is 0.386 e. The zero-order valence-corrected chi connectivity index (χ0v) is 16.1. The highest BCUT2D eigenvalue weighted by Gasteiger charge is 2.36. The minimum absolute atomic E-state index is 0.387. The van der Waals surface area contributed by atoms with E-state index in [1.165, 1.54) is 11.3 Å². The molecule has 3 rings (SSSR count). The molecule has 1 heterocycles. The van der Waals surface area contributed by atoms with E-state index in [1.807, 2.05) is 20.2 Å². The van der Waals surface area contributed by atoms with Crippen LogP contribution in [0.3, 0.4) is 0 Å². The average molecular weight is 354 g/mol. The highest BCUT2D eigenvalue weighted by Crippen LogP contribution is 2.34. The van der Waals surface area contributed by atoms with Crippen LogP contribution in [0, 0.1) is 0 Å². The molecule has 4 nitrogen and oxygen atoms in total. The van der Waals surface area contributed by atoms with E-state index < -0.39 is 6.10 Å². The summed E-state index contributed by atoms with van der Waals surface area (Å²) in [6.45, 7) is 5.53. The summed E-state index contributed by atoms with van der Waals surface area (Å²) in [5, 5.41) is 11.2. The first-order chi connectivity index (χ1) is 12.5. The van der Waals surface area contributed by atoms with Gasteiger partial charge in [0.05, 0.1) is 24.9 Å². The number of hydrogen-bond acceptors (Lipinski definition) is 4. The number of nitrogens with zero attached hydrogens (tertiary/aromatic N) is 2. The van der Waals surface area contributed by atoms with Gasteiger partial charge in [-0.25, -0.2) is 0 Å². The van der Waals surface area contributed by atoms with Crippen LogP contribution in [0.15, 0.2) is 54.6 Å². The van der Waals surface area contributed by atoms with Gasteiger partial charge in [0.2, 0.25) is 0 Å². The lowest BCUT2D eigenvalue weighted by Gasteiger charge is -2.41. The Balaban J connectivity index is 1.79. The normalized spacial score (nSPS) is 18.6. The van der Waals surface area contributed by atoms with E-state index in [4.69, 9.17) is 4.74 Å². The van der Waals surface area contributed by atoms with Crippen LogP contribution in [0.1, 0.15) is 24.2 Å². The quantitative estimate of drug-likeness (QED) is 0.865. The number of aliphatic hydroxyl groups excluding tert-OH is 1. The topological polar surface area (TPSA) is 35.9 Å². The Bertz CT molecular complexity index is 681. The fourth-order valence-electron chi connectivity index (χ4n) is 3.56. The summed E-state index contributed by atoms with van der Waals surface area (Å²) in [5.41, 5.74) is 2.99. The first-order valence-corrected chi connectivity index (χ1v) is 9.33. The first kappa shape index (κ1) is 18.9. The van der Waals surface area contributed by atoms with Gasteiger partial charge in [-0.2, -0.15) is 0 Å². The highest BCUT2D eigenvalue weighted by molar-refractivity contribution is 5.48. The van der Waals surface area contributed by atoms with Crippen LogP contribution in [-0.2, 0) is 11.2 Å². The molecule has 1 aliphatic heterocycles. The third kappa shape index (κ3) is 4.09. The number of aliphatic hydroxyl groups is 1. The van der Waals surface area contributed by atoms with Crippen LogP contribution < -0.4 is 4.90 Å². The van der Waals surface area contributed by atoms with E-state index >= 15 is 0 Å². The van der Waals surface area contributed by atoms with Crippen molar-refractivity contribution >= 4 is 5.69 Å². The lowest BCUT2D eigenvalue weighted by atomic mass is 9.82. The molecule has 1 saturated heterocycles. The molecule has 1 aliphatic rings. The Morgan fingerprint density at radius 3 is 2.23 bits per heavy atom. The summed E-state index contributed by atoms with van der Waals surface area (Å²) in [6.07, 6.45) is 0.212. The van der Waals surface area contributed by atoms with Gasteiger partial charge in [-0.15, -0.1) is 0 Å². The molecule has 1 N–H and O–H groups in total. The second-order valence-corrected chi connectivity index (χ2v) is 7.51. The Labute approximate surface area is 157 Å². The lowest BCUT2D eigenvalue weighted by molar-refractivity contribution is 0.00359. The Kier molecular flexibility index (Phi) is 5.97. The first-order valence-electron chi connectivity index (χ1n) is 9.33. The monoisotopic (exact) mass is 354 g/mol. The molecule has 140 valence electrons. The zero-order valence-electron chi connectivity index (χ0n) is 16.1. The van der Waals surface area contributed by atoms with Crippen molar-refractivity contribution in [3.63, 3.8) is 0 Å². The summed E-state index contributed by atoms with van der Waals surface area (Å²) in [7, 11) is 4.07. The summed E-state index contributed by atoms with van der Waals surface area (Å²) < 4.78 is 5.42. The molecule has 0 radical (unpaired) electrons. The minimum Gasteiger partial charge on any atom is -0.386 e. The number of likely N-dealkylation sites (N-methyl/N-ethyl adjacent to an activating group) is 1. The number of benzene rings is 2. The molecule has 1 fully saturated rings. The van der Waals surface area contributed by atoms with Crippen molar-refractivity contribution < 1.29 is 9.84 Å². The van der Waals surface area contributed by atoms with Crippen molar-refractivity contribution in [1.82, 2.24) is 4.90 Å². The van der Waals surface area contributed by atoms with Crippen molar-refractivity contribution in [3.8, 4) is 0 Å². The van der Waals surface area contributed by atoms with E-state index in [0.717, 1.165) is 38.3 Å². The molecular formula is C22H30N2O2. The zero-order chi connectivity index (χ0) is 18.6. The molecule has 4 heteroatoms. The van der Waals surface area contributed by atoms with Crippen molar-refractivity contribution in [1.29, 1.82) is 0 Å². The molecule has 0 spiro atoms. The van der Waals surface area contributed by atoms with Crippen LogP contribution in [-0.4, -0.2) is 55.9 Å². The summed E-state index contributed by atoms with van der Waals surface area (Å²) in [4.78, 5) is 4.45. The van der Waals surface area contributed by atoms with Gasteiger partial charge < -0.3 is 19.6 Å².